The van der Waals surface area contributed by atoms with Crippen molar-refractivity contribution in [3.05, 3.63) is 28.5 Å². The summed E-state index contributed by atoms with van der Waals surface area (Å²) in [6.07, 6.45) is 4.53. The van der Waals surface area contributed by atoms with Gasteiger partial charge in [0, 0.05) is 17.6 Å². The molecule has 2 N–H and O–H groups in total. The molecular weight excluding hydrogens is 210 g/mol. The molecule has 1 atom stereocenters. The van der Waals surface area contributed by atoms with Crippen LogP contribution in [0.3, 0.4) is 0 Å². The molecule has 2 heterocycles. The second-order valence-corrected chi connectivity index (χ2v) is 4.18. The van der Waals surface area contributed by atoms with Crippen LogP contribution in [0.15, 0.2) is 17.9 Å². The summed E-state index contributed by atoms with van der Waals surface area (Å²) in [4.78, 5) is 5.05. The van der Waals surface area contributed by atoms with Gasteiger partial charge in [-0.1, -0.05) is 12.1 Å². The van der Waals surface area contributed by atoms with Crippen LogP contribution in [0, 0.1) is 0 Å². The van der Waals surface area contributed by atoms with Crippen molar-refractivity contribution < 1.29 is 0 Å². The first kappa shape index (κ1) is 10.3. The molecule has 6 heteroatoms. The summed E-state index contributed by atoms with van der Waals surface area (Å²) in [5, 5.41) is 7.90. The minimum atomic E-state index is -0.168. The van der Waals surface area contributed by atoms with E-state index in [1.54, 1.807) is 29.2 Å². The number of hydrogen-bond acceptors (Lipinski definition) is 5. The SMILES string of the molecule is CCCn1nncc1C(N)c1cncs1. The second-order valence-electron chi connectivity index (χ2n) is 3.26. The normalized spacial score (nSPS) is 12.9. The van der Waals surface area contributed by atoms with E-state index in [1.807, 2.05) is 4.68 Å². The molecule has 0 saturated carbocycles. The van der Waals surface area contributed by atoms with Crippen LogP contribution in [-0.4, -0.2) is 20.0 Å². The van der Waals surface area contributed by atoms with Crippen molar-refractivity contribution in [2.45, 2.75) is 25.9 Å². The molecule has 0 radical (unpaired) electrons. The molecule has 0 aromatic carbocycles. The van der Waals surface area contributed by atoms with Crippen molar-refractivity contribution in [2.75, 3.05) is 0 Å². The first-order valence-electron chi connectivity index (χ1n) is 4.85. The number of hydrogen-bond donors (Lipinski definition) is 1. The van der Waals surface area contributed by atoms with Crippen LogP contribution in [0.25, 0.3) is 0 Å². The Morgan fingerprint density at radius 3 is 3.07 bits per heavy atom. The van der Waals surface area contributed by atoms with Crippen molar-refractivity contribution in [1.29, 1.82) is 0 Å². The van der Waals surface area contributed by atoms with Gasteiger partial charge in [0.25, 0.3) is 0 Å². The van der Waals surface area contributed by atoms with Crippen LogP contribution in [-0.2, 0) is 6.54 Å². The van der Waals surface area contributed by atoms with Gasteiger partial charge in [0.05, 0.1) is 23.4 Å². The zero-order valence-corrected chi connectivity index (χ0v) is 9.31. The maximum atomic E-state index is 6.11. The zero-order valence-electron chi connectivity index (χ0n) is 8.50. The second kappa shape index (κ2) is 4.50. The Balaban J connectivity index is 2.25. The Bertz CT molecular complexity index is 408. The summed E-state index contributed by atoms with van der Waals surface area (Å²) < 4.78 is 1.85. The fourth-order valence-corrected chi connectivity index (χ4v) is 2.05. The van der Waals surface area contributed by atoms with Crippen LogP contribution in [0.4, 0.5) is 0 Å². The van der Waals surface area contributed by atoms with Gasteiger partial charge in [-0.2, -0.15) is 0 Å². The Morgan fingerprint density at radius 2 is 2.40 bits per heavy atom. The number of thiazole rings is 1. The van der Waals surface area contributed by atoms with Gasteiger partial charge in [-0.05, 0) is 6.42 Å². The molecule has 0 aliphatic rings. The van der Waals surface area contributed by atoms with E-state index in [9.17, 15) is 0 Å². The summed E-state index contributed by atoms with van der Waals surface area (Å²) >= 11 is 1.55. The molecule has 2 aromatic rings. The van der Waals surface area contributed by atoms with Gasteiger partial charge in [0.2, 0.25) is 0 Å². The molecular formula is C9H13N5S. The lowest BCUT2D eigenvalue weighted by Gasteiger charge is -2.10. The average Bonchev–Trinajstić information content (AvgIpc) is 2.87. The minimum absolute atomic E-state index is 0.168. The van der Waals surface area contributed by atoms with Crippen molar-refractivity contribution in [2.24, 2.45) is 5.73 Å². The molecule has 0 aliphatic carbocycles. The van der Waals surface area contributed by atoms with Gasteiger partial charge >= 0.3 is 0 Å². The molecule has 0 bridgehead atoms. The molecule has 80 valence electrons. The standard InChI is InChI=1S/C9H13N5S/c1-2-3-14-7(4-12-13-14)9(10)8-5-11-6-15-8/h4-6,9H,2-3,10H2,1H3. The highest BCUT2D eigenvalue weighted by Gasteiger charge is 2.15. The molecule has 15 heavy (non-hydrogen) atoms. The van der Waals surface area contributed by atoms with E-state index in [0.29, 0.717) is 0 Å². The van der Waals surface area contributed by atoms with Crippen LogP contribution in [0.2, 0.25) is 0 Å². The smallest absolute Gasteiger partial charge is 0.0849 e. The number of nitrogens with zero attached hydrogens (tertiary/aromatic N) is 4. The fraction of sp³-hybridized carbons (Fsp3) is 0.444. The molecule has 2 aromatic heterocycles. The van der Waals surface area contributed by atoms with E-state index < -0.39 is 0 Å². The fourth-order valence-electron chi connectivity index (χ4n) is 1.42. The third kappa shape index (κ3) is 2.05. The maximum Gasteiger partial charge on any atom is 0.0849 e. The highest BCUT2D eigenvalue weighted by Crippen LogP contribution is 2.21. The summed E-state index contributed by atoms with van der Waals surface area (Å²) in [7, 11) is 0. The molecule has 0 aliphatic heterocycles. The van der Waals surface area contributed by atoms with Crippen molar-refractivity contribution in [3.8, 4) is 0 Å². The molecule has 0 amide bonds. The summed E-state index contributed by atoms with van der Waals surface area (Å²) in [6.45, 7) is 2.95. The summed E-state index contributed by atoms with van der Waals surface area (Å²) in [5.74, 6) is 0. The monoisotopic (exact) mass is 223 g/mol. The van der Waals surface area contributed by atoms with Crippen molar-refractivity contribution in [1.82, 2.24) is 20.0 Å². The first-order chi connectivity index (χ1) is 7.33. The number of aromatic nitrogens is 4. The van der Waals surface area contributed by atoms with Crippen molar-refractivity contribution >= 4 is 11.3 Å². The quantitative estimate of drug-likeness (QED) is 0.845. The van der Waals surface area contributed by atoms with Gasteiger partial charge in [-0.3, -0.25) is 4.98 Å². The zero-order chi connectivity index (χ0) is 10.7. The van der Waals surface area contributed by atoms with Gasteiger partial charge in [0.1, 0.15) is 0 Å². The Kier molecular flexibility index (Phi) is 3.08. The predicted molar refractivity (Wildman–Crippen MR) is 58.5 cm³/mol. The van der Waals surface area contributed by atoms with Crippen LogP contribution in [0.1, 0.15) is 30.0 Å². The molecule has 0 spiro atoms. The van der Waals surface area contributed by atoms with Gasteiger partial charge in [-0.15, -0.1) is 16.4 Å². The lowest BCUT2D eigenvalue weighted by atomic mass is 10.2. The number of rotatable bonds is 4. The lowest BCUT2D eigenvalue weighted by molar-refractivity contribution is 0.545. The maximum absolute atomic E-state index is 6.11. The minimum Gasteiger partial charge on any atom is -0.318 e. The highest BCUT2D eigenvalue weighted by molar-refractivity contribution is 7.09. The van der Waals surface area contributed by atoms with E-state index in [2.05, 4.69) is 22.2 Å². The Hall–Kier alpha value is -1.27. The van der Waals surface area contributed by atoms with Gasteiger partial charge in [0.15, 0.2) is 0 Å². The topological polar surface area (TPSA) is 69.6 Å². The molecule has 1 unspecified atom stereocenters. The largest absolute Gasteiger partial charge is 0.318 e. The number of aryl methyl sites for hydroxylation is 1. The van der Waals surface area contributed by atoms with Gasteiger partial charge < -0.3 is 5.73 Å². The van der Waals surface area contributed by atoms with E-state index in [-0.39, 0.29) is 6.04 Å². The summed E-state index contributed by atoms with van der Waals surface area (Å²) in [5.41, 5.74) is 8.83. The Labute approximate surface area is 91.9 Å². The van der Waals surface area contributed by atoms with Gasteiger partial charge in [-0.25, -0.2) is 4.68 Å². The molecule has 2 rings (SSSR count). The predicted octanol–water partition coefficient (Wildman–Crippen LogP) is 1.19. The van der Waals surface area contributed by atoms with Crippen molar-refractivity contribution in [3.63, 3.8) is 0 Å². The van der Waals surface area contributed by atoms with E-state index in [0.717, 1.165) is 23.5 Å². The van der Waals surface area contributed by atoms with Crippen LogP contribution >= 0.6 is 11.3 Å². The van der Waals surface area contributed by atoms with Crippen LogP contribution in [0.5, 0.6) is 0 Å². The average molecular weight is 223 g/mol. The third-order valence-electron chi connectivity index (χ3n) is 2.16. The molecule has 0 saturated heterocycles. The Morgan fingerprint density at radius 1 is 1.53 bits per heavy atom. The van der Waals surface area contributed by atoms with Crippen LogP contribution < -0.4 is 5.73 Å². The third-order valence-corrected chi connectivity index (χ3v) is 3.02. The van der Waals surface area contributed by atoms with E-state index in [1.165, 1.54) is 0 Å². The summed E-state index contributed by atoms with van der Waals surface area (Å²) in [6, 6.07) is -0.168. The van der Waals surface area contributed by atoms with E-state index >= 15 is 0 Å². The van der Waals surface area contributed by atoms with E-state index in [4.69, 9.17) is 5.73 Å². The lowest BCUT2D eigenvalue weighted by Crippen LogP contribution is -2.16. The molecule has 0 fully saturated rings. The first-order valence-corrected chi connectivity index (χ1v) is 5.73. The number of nitrogens with two attached hydrogens (primary N) is 1. The highest BCUT2D eigenvalue weighted by atomic mass is 32.1. The molecule has 5 nitrogen and oxygen atoms in total.